The minimum Gasteiger partial charge on any atom is -0.497 e. The number of nitrogens with one attached hydrogen (secondary N) is 1. The molecule has 2 N–H and O–H groups in total. The van der Waals surface area contributed by atoms with Gasteiger partial charge in [0.05, 0.1) is 13.2 Å². The summed E-state index contributed by atoms with van der Waals surface area (Å²) < 4.78 is 9.50. The van der Waals surface area contributed by atoms with Crippen LogP contribution >= 0.6 is 11.5 Å². The Morgan fingerprint density at radius 2 is 2.00 bits per heavy atom. The molecule has 1 atom stereocenters. The van der Waals surface area contributed by atoms with Crippen molar-refractivity contribution in [1.82, 2.24) is 9.36 Å². The normalized spacial score (nSPS) is 12.4. The molecular weight excluding hydrogens is 286 g/mol. The molecule has 0 fully saturated rings. The lowest BCUT2D eigenvalue weighted by atomic mass is 10.0. The lowest BCUT2D eigenvalue weighted by molar-refractivity contribution is 0.280. The number of methoxy groups -OCH3 is 1. The van der Waals surface area contributed by atoms with Gasteiger partial charge in [-0.15, -0.1) is 0 Å². The molecule has 114 valence electrons. The zero-order valence-electron chi connectivity index (χ0n) is 12.5. The third-order valence-corrected chi connectivity index (χ3v) is 3.85. The van der Waals surface area contributed by atoms with Crippen molar-refractivity contribution in [3.63, 3.8) is 0 Å². The van der Waals surface area contributed by atoms with E-state index in [0.717, 1.165) is 22.3 Å². The van der Waals surface area contributed by atoms with Gasteiger partial charge in [0.15, 0.2) is 0 Å². The number of hydrogen-bond donors (Lipinski definition) is 2. The van der Waals surface area contributed by atoms with Crippen LogP contribution in [0.5, 0.6) is 5.75 Å². The summed E-state index contributed by atoms with van der Waals surface area (Å²) in [6, 6.07) is 7.84. The van der Waals surface area contributed by atoms with Crippen molar-refractivity contribution in [2.45, 2.75) is 32.2 Å². The van der Waals surface area contributed by atoms with Crippen LogP contribution in [-0.2, 0) is 0 Å². The summed E-state index contributed by atoms with van der Waals surface area (Å²) in [5, 5.41) is 13.4. The highest BCUT2D eigenvalue weighted by Crippen LogP contribution is 2.26. The Labute approximate surface area is 129 Å². The number of aliphatic hydroxyl groups excluding tert-OH is 1. The second kappa shape index (κ2) is 7.38. The summed E-state index contributed by atoms with van der Waals surface area (Å²) in [5.74, 6) is 1.98. The predicted molar refractivity (Wildman–Crippen MR) is 85.1 cm³/mol. The van der Waals surface area contributed by atoms with Crippen molar-refractivity contribution in [1.29, 1.82) is 0 Å². The van der Waals surface area contributed by atoms with Crippen LogP contribution in [-0.4, -0.2) is 28.2 Å². The summed E-state index contributed by atoms with van der Waals surface area (Å²) in [5.41, 5.74) is 1.09. The molecule has 0 saturated carbocycles. The Balaban J connectivity index is 2.13. The summed E-state index contributed by atoms with van der Waals surface area (Å²) in [6.45, 7) is 4.25. The van der Waals surface area contributed by atoms with E-state index in [1.165, 1.54) is 11.5 Å². The van der Waals surface area contributed by atoms with Crippen LogP contribution in [0.1, 0.15) is 43.6 Å². The zero-order chi connectivity index (χ0) is 15.2. The lowest BCUT2D eigenvalue weighted by Crippen LogP contribution is -2.12. The van der Waals surface area contributed by atoms with E-state index in [2.05, 4.69) is 28.5 Å². The first-order valence-electron chi connectivity index (χ1n) is 6.99. The minimum atomic E-state index is 0.00821. The van der Waals surface area contributed by atoms with E-state index in [9.17, 15) is 5.11 Å². The van der Waals surface area contributed by atoms with Crippen molar-refractivity contribution in [3.8, 4) is 5.75 Å². The Morgan fingerprint density at radius 1 is 1.29 bits per heavy atom. The molecule has 5 nitrogen and oxygen atoms in total. The third kappa shape index (κ3) is 4.15. The van der Waals surface area contributed by atoms with Gasteiger partial charge in [0, 0.05) is 24.1 Å². The average Bonchev–Trinajstić information content (AvgIpc) is 2.96. The summed E-state index contributed by atoms with van der Waals surface area (Å²) >= 11 is 1.36. The molecule has 2 aromatic rings. The molecule has 0 saturated heterocycles. The smallest absolute Gasteiger partial charge is 0.203 e. The van der Waals surface area contributed by atoms with Crippen molar-refractivity contribution in [2.75, 3.05) is 19.0 Å². The van der Waals surface area contributed by atoms with Crippen LogP contribution in [0.25, 0.3) is 0 Å². The largest absolute Gasteiger partial charge is 0.497 e. The van der Waals surface area contributed by atoms with E-state index in [1.54, 1.807) is 7.11 Å². The maximum absolute atomic E-state index is 9.27. The van der Waals surface area contributed by atoms with E-state index >= 15 is 0 Å². The molecule has 0 radical (unpaired) electrons. The maximum Gasteiger partial charge on any atom is 0.203 e. The molecule has 21 heavy (non-hydrogen) atoms. The Kier molecular flexibility index (Phi) is 5.52. The number of hydrogen-bond acceptors (Lipinski definition) is 6. The van der Waals surface area contributed by atoms with Gasteiger partial charge in [-0.2, -0.15) is 4.37 Å². The molecule has 1 aromatic heterocycles. The van der Waals surface area contributed by atoms with Gasteiger partial charge in [0.2, 0.25) is 5.13 Å². The monoisotopic (exact) mass is 307 g/mol. The molecule has 0 amide bonds. The molecule has 1 aromatic carbocycles. The lowest BCUT2D eigenvalue weighted by Gasteiger charge is -2.17. The van der Waals surface area contributed by atoms with Gasteiger partial charge in [-0.1, -0.05) is 26.0 Å². The predicted octanol–water partition coefficient (Wildman–Crippen LogP) is 3.21. The van der Waals surface area contributed by atoms with Gasteiger partial charge in [-0.25, -0.2) is 4.98 Å². The Hall–Kier alpha value is -1.66. The number of ether oxygens (including phenoxy) is 1. The third-order valence-electron chi connectivity index (χ3n) is 3.19. The van der Waals surface area contributed by atoms with Crippen molar-refractivity contribution in [3.05, 3.63) is 35.7 Å². The van der Waals surface area contributed by atoms with Gasteiger partial charge in [-0.05, 0) is 24.1 Å². The van der Waals surface area contributed by atoms with Gasteiger partial charge in [0.25, 0.3) is 0 Å². The topological polar surface area (TPSA) is 67.3 Å². The van der Waals surface area contributed by atoms with Gasteiger partial charge < -0.3 is 15.2 Å². The molecule has 0 bridgehead atoms. The number of nitrogens with zero attached hydrogens (tertiary/aromatic N) is 2. The highest BCUT2D eigenvalue weighted by atomic mass is 32.1. The van der Waals surface area contributed by atoms with E-state index in [-0.39, 0.29) is 12.6 Å². The van der Waals surface area contributed by atoms with Crippen LogP contribution in [0.2, 0.25) is 0 Å². The van der Waals surface area contributed by atoms with E-state index in [4.69, 9.17) is 4.74 Å². The maximum atomic E-state index is 9.27. The van der Waals surface area contributed by atoms with Crippen molar-refractivity contribution in [2.24, 2.45) is 0 Å². The van der Waals surface area contributed by atoms with Crippen LogP contribution in [0.15, 0.2) is 24.3 Å². The molecular formula is C15H21N3O2S. The van der Waals surface area contributed by atoms with Crippen LogP contribution in [0, 0.1) is 0 Å². The van der Waals surface area contributed by atoms with Gasteiger partial charge in [-0.3, -0.25) is 0 Å². The van der Waals surface area contributed by atoms with Crippen LogP contribution in [0.3, 0.4) is 0 Å². The summed E-state index contributed by atoms with van der Waals surface area (Å²) in [6.07, 6.45) is 0.614. The van der Waals surface area contributed by atoms with Crippen LogP contribution < -0.4 is 10.1 Å². The summed E-state index contributed by atoms with van der Waals surface area (Å²) in [7, 11) is 1.65. The van der Waals surface area contributed by atoms with E-state index in [1.807, 2.05) is 24.3 Å². The first-order chi connectivity index (χ1) is 10.1. The van der Waals surface area contributed by atoms with Gasteiger partial charge >= 0.3 is 0 Å². The number of benzene rings is 1. The quantitative estimate of drug-likeness (QED) is 0.822. The SMILES string of the molecule is COc1ccc(C(CCO)Nc2nc(C(C)C)ns2)cc1. The van der Waals surface area contributed by atoms with Gasteiger partial charge in [0.1, 0.15) is 11.6 Å². The fourth-order valence-corrected chi connectivity index (χ4v) is 2.73. The first-order valence-corrected chi connectivity index (χ1v) is 7.76. The van der Waals surface area contributed by atoms with Crippen molar-refractivity contribution >= 4 is 16.7 Å². The van der Waals surface area contributed by atoms with Crippen molar-refractivity contribution < 1.29 is 9.84 Å². The molecule has 6 heteroatoms. The zero-order valence-corrected chi connectivity index (χ0v) is 13.4. The standard InChI is InChI=1S/C15H21N3O2S/c1-10(2)14-17-15(21-18-14)16-13(8-9-19)11-4-6-12(20-3)7-5-11/h4-7,10,13,19H,8-9H2,1-3H3,(H,16,17,18). The minimum absolute atomic E-state index is 0.00821. The number of aromatic nitrogens is 2. The molecule has 1 unspecified atom stereocenters. The number of aliphatic hydroxyl groups is 1. The fourth-order valence-electron chi connectivity index (χ4n) is 1.96. The van der Waals surface area contributed by atoms with E-state index in [0.29, 0.717) is 12.3 Å². The Bertz CT molecular complexity index is 554. The Morgan fingerprint density at radius 3 is 2.52 bits per heavy atom. The molecule has 1 heterocycles. The highest BCUT2D eigenvalue weighted by molar-refractivity contribution is 7.09. The number of rotatable bonds is 7. The molecule has 2 rings (SSSR count). The summed E-state index contributed by atoms with van der Waals surface area (Å²) in [4.78, 5) is 4.48. The fraction of sp³-hybridized carbons (Fsp3) is 0.467. The first kappa shape index (κ1) is 15.7. The molecule has 0 aliphatic carbocycles. The molecule has 0 aliphatic heterocycles. The second-order valence-electron chi connectivity index (χ2n) is 5.09. The van der Waals surface area contributed by atoms with Crippen LogP contribution in [0.4, 0.5) is 5.13 Å². The van der Waals surface area contributed by atoms with E-state index < -0.39 is 0 Å². The average molecular weight is 307 g/mol. The molecule has 0 aliphatic rings. The molecule has 0 spiro atoms. The number of anilines is 1. The highest BCUT2D eigenvalue weighted by Gasteiger charge is 2.14. The second-order valence-corrected chi connectivity index (χ2v) is 5.85.